The van der Waals surface area contributed by atoms with Crippen molar-refractivity contribution in [3.8, 4) is 28.7 Å². The van der Waals surface area contributed by atoms with Gasteiger partial charge in [0.05, 0.1) is 27.8 Å². The van der Waals surface area contributed by atoms with Crippen molar-refractivity contribution >= 4 is 11.6 Å². The zero-order valence-electron chi connectivity index (χ0n) is 18.2. The van der Waals surface area contributed by atoms with Crippen LogP contribution in [0.3, 0.4) is 0 Å². The van der Waals surface area contributed by atoms with Gasteiger partial charge >= 0.3 is 12.4 Å². The van der Waals surface area contributed by atoms with Gasteiger partial charge in [-0.1, -0.05) is 0 Å². The van der Waals surface area contributed by atoms with Crippen LogP contribution in [-0.4, -0.2) is 52.8 Å². The zero-order valence-corrected chi connectivity index (χ0v) is 18.2. The lowest BCUT2D eigenvalue weighted by Crippen LogP contribution is -2.21. The molecule has 0 aromatic heterocycles. The van der Waals surface area contributed by atoms with Crippen LogP contribution in [0.5, 0.6) is 28.7 Å². The standard InChI is InChI=1S/C21H21F6NO6/c1-30-16-4-12(5-17(31-2)19(16)32-3)6-18(29)28-13-7-14(33-10-20(22,23)24)9-15(8-13)34-11-21(25,26)27/h4-5,7-9H,6,10-11H2,1-3H3,(H,28,29). The highest BCUT2D eigenvalue weighted by Crippen LogP contribution is 2.38. The molecule has 0 unspecified atom stereocenters. The van der Waals surface area contributed by atoms with E-state index in [0.717, 1.165) is 18.2 Å². The minimum Gasteiger partial charge on any atom is -0.493 e. The molecular formula is C21H21F6NO6. The molecular weight excluding hydrogens is 476 g/mol. The van der Waals surface area contributed by atoms with Crippen LogP contribution in [0.1, 0.15) is 5.56 Å². The first-order valence-electron chi connectivity index (χ1n) is 9.46. The Hall–Kier alpha value is -3.51. The van der Waals surface area contributed by atoms with Gasteiger partial charge < -0.3 is 29.0 Å². The molecule has 0 bridgehead atoms. The SMILES string of the molecule is COc1cc(CC(=O)Nc2cc(OCC(F)(F)F)cc(OCC(F)(F)F)c2)cc(OC)c1OC. The van der Waals surface area contributed by atoms with Gasteiger partial charge in [-0.15, -0.1) is 0 Å². The van der Waals surface area contributed by atoms with Crippen molar-refractivity contribution < 1.29 is 54.8 Å². The second kappa shape index (κ2) is 11.1. The molecule has 0 aliphatic heterocycles. The number of methoxy groups -OCH3 is 3. The largest absolute Gasteiger partial charge is 0.493 e. The molecule has 2 aromatic carbocycles. The summed E-state index contributed by atoms with van der Waals surface area (Å²) in [6.45, 7) is -3.37. The lowest BCUT2D eigenvalue weighted by atomic mass is 10.1. The quantitative estimate of drug-likeness (QED) is 0.477. The third-order valence-corrected chi connectivity index (χ3v) is 4.06. The van der Waals surface area contributed by atoms with E-state index in [1.165, 1.54) is 33.5 Å². The van der Waals surface area contributed by atoms with Crippen molar-refractivity contribution in [1.82, 2.24) is 0 Å². The second-order valence-corrected chi connectivity index (χ2v) is 6.76. The van der Waals surface area contributed by atoms with Gasteiger partial charge in [0.1, 0.15) is 11.5 Å². The van der Waals surface area contributed by atoms with Gasteiger partial charge in [0.2, 0.25) is 11.7 Å². The highest BCUT2D eigenvalue weighted by Gasteiger charge is 2.30. The Kier molecular flexibility index (Phi) is 8.71. The molecule has 0 atom stereocenters. The summed E-state index contributed by atoms with van der Waals surface area (Å²) < 4.78 is 99.6. The summed E-state index contributed by atoms with van der Waals surface area (Å²) in [4.78, 5) is 12.5. The van der Waals surface area contributed by atoms with E-state index in [1.54, 1.807) is 0 Å². The average molecular weight is 497 g/mol. The Labute approximate surface area is 190 Å². The molecule has 7 nitrogen and oxygen atoms in total. The molecule has 0 saturated carbocycles. The number of alkyl halides is 6. The number of hydrogen-bond acceptors (Lipinski definition) is 6. The number of carbonyl (C=O) groups excluding carboxylic acids is 1. The van der Waals surface area contributed by atoms with E-state index in [9.17, 15) is 31.1 Å². The van der Waals surface area contributed by atoms with Crippen LogP contribution < -0.4 is 29.0 Å². The highest BCUT2D eigenvalue weighted by molar-refractivity contribution is 5.93. The van der Waals surface area contributed by atoms with Crippen molar-refractivity contribution in [3.63, 3.8) is 0 Å². The van der Waals surface area contributed by atoms with Crippen molar-refractivity contribution in [2.24, 2.45) is 0 Å². The van der Waals surface area contributed by atoms with E-state index >= 15 is 0 Å². The van der Waals surface area contributed by atoms with E-state index in [-0.39, 0.29) is 23.6 Å². The Bertz CT molecular complexity index is 931. The third-order valence-electron chi connectivity index (χ3n) is 4.06. The molecule has 34 heavy (non-hydrogen) atoms. The summed E-state index contributed by atoms with van der Waals surface area (Å²) in [6.07, 6.45) is -9.60. The first kappa shape index (κ1) is 26.7. The van der Waals surface area contributed by atoms with Gasteiger partial charge in [-0.2, -0.15) is 26.3 Å². The van der Waals surface area contributed by atoms with Crippen LogP contribution in [0.15, 0.2) is 30.3 Å². The number of halogens is 6. The number of hydrogen-bond donors (Lipinski definition) is 1. The van der Waals surface area contributed by atoms with Crippen LogP contribution in [0, 0.1) is 0 Å². The molecule has 0 spiro atoms. The summed E-state index contributed by atoms with van der Waals surface area (Å²) in [6, 6.07) is 5.94. The van der Waals surface area contributed by atoms with Gasteiger partial charge in [-0.25, -0.2) is 0 Å². The molecule has 0 aliphatic carbocycles. The molecule has 188 valence electrons. The molecule has 1 N–H and O–H groups in total. The van der Waals surface area contributed by atoms with Crippen molar-refractivity contribution in [1.29, 1.82) is 0 Å². The number of benzene rings is 2. The fourth-order valence-corrected chi connectivity index (χ4v) is 2.77. The maximum Gasteiger partial charge on any atom is 0.422 e. The average Bonchev–Trinajstić information content (AvgIpc) is 2.74. The Morgan fingerprint density at radius 2 is 1.24 bits per heavy atom. The first-order valence-corrected chi connectivity index (χ1v) is 9.46. The Morgan fingerprint density at radius 1 is 0.765 bits per heavy atom. The molecule has 0 radical (unpaired) electrons. The summed E-state index contributed by atoms with van der Waals surface area (Å²) in [5.41, 5.74) is 0.305. The van der Waals surface area contributed by atoms with Crippen LogP contribution in [0.2, 0.25) is 0 Å². The number of carbonyl (C=O) groups is 1. The highest BCUT2D eigenvalue weighted by atomic mass is 19.4. The van der Waals surface area contributed by atoms with Crippen LogP contribution in [-0.2, 0) is 11.2 Å². The van der Waals surface area contributed by atoms with E-state index in [1.807, 2.05) is 0 Å². The molecule has 0 saturated heterocycles. The van der Waals surface area contributed by atoms with E-state index in [4.69, 9.17) is 14.2 Å². The monoisotopic (exact) mass is 497 g/mol. The minimum absolute atomic E-state index is 0.130. The summed E-state index contributed by atoms with van der Waals surface area (Å²) in [7, 11) is 4.17. The fraction of sp³-hybridized carbons (Fsp3) is 0.381. The van der Waals surface area contributed by atoms with Crippen LogP contribution >= 0.6 is 0 Å². The third kappa shape index (κ3) is 8.45. The van der Waals surface area contributed by atoms with Crippen molar-refractivity contribution in [2.45, 2.75) is 18.8 Å². The fourth-order valence-electron chi connectivity index (χ4n) is 2.77. The van der Waals surface area contributed by atoms with Crippen LogP contribution in [0.25, 0.3) is 0 Å². The van der Waals surface area contributed by atoms with E-state index in [2.05, 4.69) is 14.8 Å². The number of nitrogens with one attached hydrogen (secondary N) is 1. The topological polar surface area (TPSA) is 75.3 Å². The van der Waals surface area contributed by atoms with Gasteiger partial charge in [0.15, 0.2) is 24.7 Å². The maximum atomic E-state index is 12.5. The normalized spacial score (nSPS) is 11.6. The lowest BCUT2D eigenvalue weighted by molar-refractivity contribution is -0.153. The van der Waals surface area contributed by atoms with E-state index < -0.39 is 43.0 Å². The molecule has 2 aromatic rings. The molecule has 0 aliphatic rings. The minimum atomic E-state index is -4.68. The molecule has 1 amide bonds. The summed E-state index contributed by atoms with van der Waals surface area (Å²) in [5, 5.41) is 2.39. The van der Waals surface area contributed by atoms with Crippen molar-refractivity contribution in [2.75, 3.05) is 39.9 Å². The number of ether oxygens (including phenoxy) is 5. The molecule has 0 heterocycles. The zero-order chi connectivity index (χ0) is 25.5. The number of amides is 1. The summed E-state index contributed by atoms with van der Waals surface area (Å²) in [5.74, 6) is -0.649. The van der Waals surface area contributed by atoms with Gasteiger partial charge in [0, 0.05) is 23.9 Å². The molecule has 13 heteroatoms. The Morgan fingerprint density at radius 3 is 1.62 bits per heavy atom. The molecule has 0 fully saturated rings. The maximum absolute atomic E-state index is 12.5. The lowest BCUT2D eigenvalue weighted by Gasteiger charge is -2.16. The van der Waals surface area contributed by atoms with Crippen LogP contribution in [0.4, 0.5) is 32.0 Å². The smallest absolute Gasteiger partial charge is 0.422 e. The van der Waals surface area contributed by atoms with Gasteiger partial charge in [0.25, 0.3) is 0 Å². The predicted octanol–water partition coefficient (Wildman–Crippen LogP) is 4.78. The van der Waals surface area contributed by atoms with E-state index in [0.29, 0.717) is 11.3 Å². The second-order valence-electron chi connectivity index (χ2n) is 6.76. The number of rotatable bonds is 10. The molecule has 2 rings (SSSR count). The van der Waals surface area contributed by atoms with Gasteiger partial charge in [-0.3, -0.25) is 4.79 Å². The summed E-state index contributed by atoms with van der Waals surface area (Å²) >= 11 is 0. The number of anilines is 1. The Balaban J connectivity index is 2.24. The van der Waals surface area contributed by atoms with Gasteiger partial charge in [-0.05, 0) is 17.7 Å². The predicted molar refractivity (Wildman–Crippen MR) is 108 cm³/mol. The first-order chi connectivity index (χ1) is 15.8. The van der Waals surface area contributed by atoms with Crippen molar-refractivity contribution in [3.05, 3.63) is 35.9 Å².